The number of nitrogens with one attached hydrogen (secondary N) is 1. The summed E-state index contributed by atoms with van der Waals surface area (Å²) in [4.78, 5) is 4.38. The van der Waals surface area contributed by atoms with Crippen LogP contribution in [0.5, 0.6) is 0 Å². The summed E-state index contributed by atoms with van der Waals surface area (Å²) in [6.07, 6.45) is 3.29. The maximum atomic E-state index is 14.2. The Balaban J connectivity index is 3.54. The zero-order chi connectivity index (χ0) is 17.8. The highest BCUT2D eigenvalue weighted by Gasteiger charge is 2.20. The number of nitrogens with zero attached hydrogens (tertiary/aromatic N) is 1. The topological polar surface area (TPSA) is 24.4 Å². The summed E-state index contributed by atoms with van der Waals surface area (Å²) >= 11 is 0. The average molecular weight is 316 g/mol. The molecule has 0 aromatic heterocycles. The molecule has 0 amide bonds. The molecule has 0 fully saturated rings. The van der Waals surface area contributed by atoms with Crippen LogP contribution >= 0.6 is 0 Å². The third kappa shape index (κ3) is 5.05. The Morgan fingerprint density at radius 3 is 2.26 bits per heavy atom. The lowest BCUT2D eigenvalue weighted by Crippen LogP contribution is -2.16. The van der Waals surface area contributed by atoms with Gasteiger partial charge in [0.2, 0.25) is 0 Å². The highest BCUT2D eigenvalue weighted by atomic mass is 19.1. The van der Waals surface area contributed by atoms with E-state index in [-0.39, 0.29) is 5.41 Å². The van der Waals surface area contributed by atoms with Gasteiger partial charge >= 0.3 is 0 Å². The zero-order valence-corrected chi connectivity index (χ0v) is 15.4. The molecule has 0 aliphatic carbocycles. The minimum Gasteiger partial charge on any atom is -0.388 e. The van der Waals surface area contributed by atoms with Gasteiger partial charge in [-0.25, -0.2) is 4.39 Å². The van der Waals surface area contributed by atoms with Crippen LogP contribution in [0.25, 0.3) is 0 Å². The molecule has 23 heavy (non-hydrogen) atoms. The SMILES string of the molecule is C=CN=C(/C=C(\C)C(C)(C)F)c1cc(C(C)(C)C)ccc1NC. The normalized spacial score (nSPS) is 13.9. The quantitative estimate of drug-likeness (QED) is 0.697. The van der Waals surface area contributed by atoms with E-state index in [1.54, 1.807) is 26.8 Å². The van der Waals surface area contributed by atoms with Crippen LogP contribution in [0.1, 0.15) is 52.7 Å². The molecule has 0 aliphatic heterocycles. The average Bonchev–Trinajstić information content (AvgIpc) is 2.44. The fourth-order valence-electron chi connectivity index (χ4n) is 2.10. The minimum atomic E-state index is -1.39. The molecule has 2 nitrogen and oxygen atoms in total. The summed E-state index contributed by atoms with van der Waals surface area (Å²) in [5, 5.41) is 3.19. The van der Waals surface area contributed by atoms with Crippen LogP contribution in [0.4, 0.5) is 10.1 Å². The number of anilines is 1. The molecular weight excluding hydrogens is 287 g/mol. The first-order chi connectivity index (χ1) is 10.5. The predicted octanol–water partition coefficient (Wildman–Crippen LogP) is 5.65. The van der Waals surface area contributed by atoms with E-state index in [0.717, 1.165) is 11.3 Å². The Morgan fingerprint density at radius 1 is 1.22 bits per heavy atom. The lowest BCUT2D eigenvalue weighted by Gasteiger charge is -2.22. The third-order valence-corrected chi connectivity index (χ3v) is 3.95. The molecule has 126 valence electrons. The fraction of sp³-hybridized carbons (Fsp3) is 0.450. The molecular formula is C20H29FN2. The number of hydrogen-bond donors (Lipinski definition) is 1. The van der Waals surface area contributed by atoms with Gasteiger partial charge in [0.05, 0.1) is 5.71 Å². The molecule has 1 rings (SSSR count). The molecule has 0 aliphatic rings. The van der Waals surface area contributed by atoms with E-state index >= 15 is 0 Å². The van der Waals surface area contributed by atoms with Crippen LogP contribution in [0.3, 0.4) is 0 Å². The van der Waals surface area contributed by atoms with E-state index in [1.165, 1.54) is 11.8 Å². The van der Waals surface area contributed by atoms with Gasteiger partial charge in [-0.1, -0.05) is 33.4 Å². The highest BCUT2D eigenvalue weighted by molar-refractivity contribution is 6.13. The molecule has 0 bridgehead atoms. The Hall–Kier alpha value is -1.90. The Bertz CT molecular complexity index is 626. The number of benzene rings is 1. The van der Waals surface area contributed by atoms with Crippen LogP contribution in [0.2, 0.25) is 0 Å². The largest absolute Gasteiger partial charge is 0.388 e. The molecule has 1 aromatic rings. The number of rotatable bonds is 5. The van der Waals surface area contributed by atoms with Gasteiger partial charge < -0.3 is 5.32 Å². The second kappa shape index (κ2) is 7.12. The molecule has 0 radical (unpaired) electrons. The van der Waals surface area contributed by atoms with E-state index in [4.69, 9.17) is 0 Å². The summed E-state index contributed by atoms with van der Waals surface area (Å²) in [6, 6.07) is 6.26. The van der Waals surface area contributed by atoms with E-state index in [9.17, 15) is 4.39 Å². The number of alkyl halides is 1. The van der Waals surface area contributed by atoms with Crippen LogP contribution in [-0.4, -0.2) is 18.4 Å². The molecule has 0 atom stereocenters. The molecule has 0 heterocycles. The number of hydrogen-bond acceptors (Lipinski definition) is 2. The minimum absolute atomic E-state index is 0.0262. The van der Waals surface area contributed by atoms with Gasteiger partial charge in [-0.15, -0.1) is 0 Å². The van der Waals surface area contributed by atoms with Crippen molar-refractivity contribution in [2.45, 2.75) is 52.6 Å². The summed E-state index contributed by atoms with van der Waals surface area (Å²) in [7, 11) is 1.87. The van der Waals surface area contributed by atoms with Crippen molar-refractivity contribution in [2.24, 2.45) is 4.99 Å². The van der Waals surface area contributed by atoms with Crippen LogP contribution in [0.15, 0.2) is 47.6 Å². The summed E-state index contributed by atoms with van der Waals surface area (Å²) in [5.74, 6) is 0. The van der Waals surface area contributed by atoms with Gasteiger partial charge in [-0.05, 0) is 55.5 Å². The molecule has 1 N–H and O–H groups in total. The fourth-order valence-corrected chi connectivity index (χ4v) is 2.10. The molecule has 3 heteroatoms. The van der Waals surface area contributed by atoms with Crippen LogP contribution in [-0.2, 0) is 5.41 Å². The van der Waals surface area contributed by atoms with Crippen molar-refractivity contribution >= 4 is 11.4 Å². The van der Waals surface area contributed by atoms with Gasteiger partial charge in [0.15, 0.2) is 0 Å². The molecule has 0 saturated carbocycles. The predicted molar refractivity (Wildman–Crippen MR) is 100 cm³/mol. The van der Waals surface area contributed by atoms with Crippen molar-refractivity contribution in [1.82, 2.24) is 0 Å². The molecule has 1 aromatic carbocycles. The smallest absolute Gasteiger partial charge is 0.126 e. The van der Waals surface area contributed by atoms with E-state index in [2.05, 4.69) is 49.8 Å². The van der Waals surface area contributed by atoms with Crippen LogP contribution < -0.4 is 5.32 Å². The van der Waals surface area contributed by atoms with Crippen molar-refractivity contribution in [3.63, 3.8) is 0 Å². The zero-order valence-electron chi connectivity index (χ0n) is 15.4. The summed E-state index contributed by atoms with van der Waals surface area (Å²) in [6.45, 7) is 15.1. The maximum absolute atomic E-state index is 14.2. The first-order valence-electron chi connectivity index (χ1n) is 7.89. The second-order valence-electron chi connectivity index (χ2n) is 7.26. The van der Waals surface area contributed by atoms with Crippen molar-refractivity contribution in [2.75, 3.05) is 12.4 Å². The van der Waals surface area contributed by atoms with Crippen LogP contribution in [0, 0.1) is 0 Å². The third-order valence-electron chi connectivity index (χ3n) is 3.95. The Kier molecular flexibility index (Phi) is 5.92. The van der Waals surface area contributed by atoms with Gasteiger partial charge in [-0.2, -0.15) is 0 Å². The van der Waals surface area contributed by atoms with Gasteiger partial charge in [0.1, 0.15) is 5.67 Å². The monoisotopic (exact) mass is 316 g/mol. The number of halogens is 1. The number of aliphatic imine (C=N–C) groups is 1. The lowest BCUT2D eigenvalue weighted by atomic mass is 9.85. The van der Waals surface area contributed by atoms with Gasteiger partial charge in [0.25, 0.3) is 0 Å². The molecule has 0 unspecified atom stereocenters. The van der Waals surface area contributed by atoms with E-state index < -0.39 is 5.67 Å². The molecule has 0 saturated heterocycles. The molecule has 0 spiro atoms. The van der Waals surface area contributed by atoms with Crippen molar-refractivity contribution < 1.29 is 4.39 Å². The second-order valence-corrected chi connectivity index (χ2v) is 7.26. The van der Waals surface area contributed by atoms with Gasteiger partial charge in [-0.3, -0.25) is 4.99 Å². The highest BCUT2D eigenvalue weighted by Crippen LogP contribution is 2.28. The Labute approximate surface area is 140 Å². The van der Waals surface area contributed by atoms with Crippen molar-refractivity contribution in [3.05, 3.63) is 53.8 Å². The standard InChI is InChI=1S/C20H29FN2/c1-9-23-18(12-14(2)20(6,7)21)16-13-15(19(3,4)5)10-11-17(16)22-8/h9-13,22H,1H2,2-8H3/b14-12+,23-18?. The van der Waals surface area contributed by atoms with Crippen molar-refractivity contribution in [3.8, 4) is 0 Å². The van der Waals surface area contributed by atoms with E-state index in [1.807, 2.05) is 13.1 Å². The van der Waals surface area contributed by atoms with E-state index in [0.29, 0.717) is 11.3 Å². The first kappa shape index (κ1) is 19.1. The van der Waals surface area contributed by atoms with Gasteiger partial charge in [0, 0.05) is 24.5 Å². The maximum Gasteiger partial charge on any atom is 0.126 e. The summed E-state index contributed by atoms with van der Waals surface area (Å²) < 4.78 is 14.2. The van der Waals surface area contributed by atoms with Crippen molar-refractivity contribution in [1.29, 1.82) is 0 Å². The number of allylic oxidation sites excluding steroid dienone is 2. The lowest BCUT2D eigenvalue weighted by molar-refractivity contribution is 0.268. The summed E-state index contributed by atoms with van der Waals surface area (Å²) in [5.41, 5.74) is 3.08. The first-order valence-corrected chi connectivity index (χ1v) is 7.89. The Morgan fingerprint density at radius 2 is 1.83 bits per heavy atom.